The van der Waals surface area contributed by atoms with Crippen molar-refractivity contribution in [2.45, 2.75) is 244 Å². The van der Waals surface area contributed by atoms with E-state index >= 15 is 0 Å². The van der Waals surface area contributed by atoms with Crippen LogP contribution in [0, 0.1) is 0 Å². The Balaban J connectivity index is 4.65. The van der Waals surface area contributed by atoms with E-state index in [4.69, 9.17) is 4.74 Å². The van der Waals surface area contributed by atoms with E-state index in [2.05, 4.69) is 62.5 Å². The Kier molecular flexibility index (Phi) is 39.8. The molecule has 0 aromatic heterocycles. The molecule has 0 aliphatic rings. The second-order valence-electron chi connectivity index (χ2n) is 15.5. The van der Waals surface area contributed by atoms with Gasteiger partial charge in [0.1, 0.15) is 6.10 Å². The highest BCUT2D eigenvalue weighted by Crippen LogP contribution is 2.17. The van der Waals surface area contributed by atoms with Gasteiger partial charge in [0.2, 0.25) is 5.91 Å². The first-order valence-electron chi connectivity index (χ1n) is 22.7. The van der Waals surface area contributed by atoms with E-state index in [0.29, 0.717) is 19.3 Å². The number of ether oxygens (including phenoxy) is 1. The van der Waals surface area contributed by atoms with Crippen molar-refractivity contribution >= 4 is 11.9 Å². The minimum absolute atomic E-state index is 0.0618. The highest BCUT2D eigenvalue weighted by atomic mass is 16.5. The van der Waals surface area contributed by atoms with Crippen LogP contribution in [0.4, 0.5) is 0 Å². The fraction of sp³-hybridized carbons (Fsp3) is 0.830. The molecule has 0 fully saturated rings. The Morgan fingerprint density at radius 3 is 1.55 bits per heavy atom. The Labute approximate surface area is 328 Å². The van der Waals surface area contributed by atoms with Gasteiger partial charge in [0.25, 0.3) is 0 Å². The van der Waals surface area contributed by atoms with Crippen LogP contribution in [0.5, 0.6) is 0 Å². The standard InChI is InChI=1S/C47H87NO5/c1-4-7-10-13-16-19-22-23-25-26-29-32-35-38-43(53-47(52)40-37-34-31-28-24-20-17-14-11-8-5-2)41-46(51)48-44(42-49)45(50)39-36-33-30-27-21-18-15-12-9-6-3/h14,16-17,19,22-23,43-45,49-50H,4-13,15,18,20-21,24-42H2,1-3H3,(H,48,51)/b17-14-,19-16+,23-22+. The molecule has 0 saturated heterocycles. The normalized spacial score (nSPS) is 13.7. The zero-order valence-corrected chi connectivity index (χ0v) is 35.1. The molecule has 0 aromatic rings. The number of aliphatic hydroxyl groups is 2. The van der Waals surface area contributed by atoms with Crippen LogP contribution in [-0.2, 0) is 14.3 Å². The van der Waals surface area contributed by atoms with Gasteiger partial charge in [0, 0.05) is 6.42 Å². The topological polar surface area (TPSA) is 95.9 Å². The fourth-order valence-electron chi connectivity index (χ4n) is 6.69. The second kappa shape index (κ2) is 41.2. The van der Waals surface area contributed by atoms with Gasteiger partial charge in [-0.05, 0) is 70.6 Å². The number of carbonyl (C=O) groups is 2. The number of allylic oxidation sites excluding steroid dienone is 6. The molecule has 0 bridgehead atoms. The van der Waals surface area contributed by atoms with Crippen molar-refractivity contribution in [2.24, 2.45) is 0 Å². The zero-order valence-electron chi connectivity index (χ0n) is 35.1. The lowest BCUT2D eigenvalue weighted by Gasteiger charge is -2.24. The number of aliphatic hydroxyl groups excluding tert-OH is 2. The number of hydrogen-bond acceptors (Lipinski definition) is 5. The average Bonchev–Trinajstić information content (AvgIpc) is 3.15. The summed E-state index contributed by atoms with van der Waals surface area (Å²) in [5, 5.41) is 23.6. The van der Waals surface area contributed by atoms with E-state index in [9.17, 15) is 19.8 Å². The van der Waals surface area contributed by atoms with E-state index in [1.807, 2.05) is 0 Å². The molecule has 3 unspecified atom stereocenters. The summed E-state index contributed by atoms with van der Waals surface area (Å²) in [4.78, 5) is 25.9. The summed E-state index contributed by atoms with van der Waals surface area (Å²) >= 11 is 0. The molecule has 6 nitrogen and oxygen atoms in total. The first-order chi connectivity index (χ1) is 26.0. The van der Waals surface area contributed by atoms with Crippen LogP contribution in [-0.4, -0.2) is 46.9 Å². The Morgan fingerprint density at radius 1 is 0.547 bits per heavy atom. The SMILES string of the molecule is CCCC/C=C\CCCCCCCC(=O)OC(CCCCCC/C=C/C=C/CCCCC)CC(=O)NC(CO)C(O)CCCCCCCCCCCC. The minimum atomic E-state index is -0.790. The molecule has 0 aromatic carbocycles. The van der Waals surface area contributed by atoms with E-state index in [0.717, 1.165) is 83.5 Å². The summed E-state index contributed by atoms with van der Waals surface area (Å²) in [6.45, 7) is 6.38. The lowest BCUT2D eigenvalue weighted by Crippen LogP contribution is -2.46. The molecule has 0 spiro atoms. The number of nitrogens with one attached hydrogen (secondary N) is 1. The largest absolute Gasteiger partial charge is 0.462 e. The molecule has 3 atom stereocenters. The van der Waals surface area contributed by atoms with Crippen LogP contribution in [0.1, 0.15) is 226 Å². The maximum Gasteiger partial charge on any atom is 0.306 e. The molecule has 310 valence electrons. The summed E-state index contributed by atoms with van der Waals surface area (Å²) in [7, 11) is 0. The molecule has 0 radical (unpaired) electrons. The van der Waals surface area contributed by atoms with Crippen LogP contribution in [0.2, 0.25) is 0 Å². The van der Waals surface area contributed by atoms with Gasteiger partial charge >= 0.3 is 5.97 Å². The van der Waals surface area contributed by atoms with Gasteiger partial charge < -0.3 is 20.3 Å². The van der Waals surface area contributed by atoms with Crippen molar-refractivity contribution in [1.82, 2.24) is 5.32 Å². The van der Waals surface area contributed by atoms with Gasteiger partial charge in [-0.15, -0.1) is 0 Å². The fourth-order valence-corrected chi connectivity index (χ4v) is 6.69. The van der Waals surface area contributed by atoms with Crippen LogP contribution in [0.15, 0.2) is 36.5 Å². The molecule has 3 N–H and O–H groups in total. The van der Waals surface area contributed by atoms with Gasteiger partial charge in [0.15, 0.2) is 0 Å². The van der Waals surface area contributed by atoms with Gasteiger partial charge in [-0.25, -0.2) is 0 Å². The third-order valence-electron chi connectivity index (χ3n) is 10.2. The van der Waals surface area contributed by atoms with Crippen LogP contribution in [0.3, 0.4) is 0 Å². The number of carbonyl (C=O) groups excluding carboxylic acids is 2. The first-order valence-corrected chi connectivity index (χ1v) is 22.7. The lowest BCUT2D eigenvalue weighted by molar-refractivity contribution is -0.151. The van der Waals surface area contributed by atoms with Gasteiger partial charge in [-0.1, -0.05) is 179 Å². The van der Waals surface area contributed by atoms with Crippen molar-refractivity contribution < 1.29 is 24.5 Å². The smallest absolute Gasteiger partial charge is 0.306 e. The summed E-state index contributed by atoms with van der Waals surface area (Å²) in [6.07, 6.45) is 46.3. The van der Waals surface area contributed by atoms with Crippen molar-refractivity contribution in [3.8, 4) is 0 Å². The molecule has 0 heterocycles. The predicted octanol–water partition coefficient (Wildman–Crippen LogP) is 12.9. The number of amides is 1. The molecule has 0 rings (SSSR count). The van der Waals surface area contributed by atoms with Gasteiger partial charge in [-0.2, -0.15) is 0 Å². The molecule has 0 saturated carbocycles. The van der Waals surface area contributed by atoms with E-state index in [1.54, 1.807) is 0 Å². The number of hydrogen-bond donors (Lipinski definition) is 3. The lowest BCUT2D eigenvalue weighted by atomic mass is 10.0. The summed E-state index contributed by atoms with van der Waals surface area (Å²) in [6, 6.07) is -0.705. The van der Waals surface area contributed by atoms with Crippen molar-refractivity contribution in [3.05, 3.63) is 36.5 Å². The Bertz CT molecular complexity index is 884. The molecule has 1 amide bonds. The number of unbranched alkanes of at least 4 members (excludes halogenated alkanes) is 23. The molecule has 6 heteroatoms. The van der Waals surface area contributed by atoms with Crippen LogP contribution >= 0.6 is 0 Å². The highest BCUT2D eigenvalue weighted by molar-refractivity contribution is 5.77. The molecular formula is C47H87NO5. The average molecular weight is 746 g/mol. The van der Waals surface area contributed by atoms with Crippen LogP contribution in [0.25, 0.3) is 0 Å². The van der Waals surface area contributed by atoms with E-state index in [-0.39, 0.29) is 24.9 Å². The maximum atomic E-state index is 13.1. The third kappa shape index (κ3) is 36.8. The maximum absolute atomic E-state index is 13.1. The summed E-state index contributed by atoms with van der Waals surface area (Å²) in [5.74, 6) is -0.505. The highest BCUT2D eigenvalue weighted by Gasteiger charge is 2.24. The number of rotatable bonds is 40. The van der Waals surface area contributed by atoms with Gasteiger partial charge in [-0.3, -0.25) is 9.59 Å². The van der Waals surface area contributed by atoms with Gasteiger partial charge in [0.05, 0.1) is 25.2 Å². The van der Waals surface area contributed by atoms with Crippen LogP contribution < -0.4 is 5.32 Å². The Morgan fingerprint density at radius 2 is 0.981 bits per heavy atom. The van der Waals surface area contributed by atoms with E-state index in [1.165, 1.54) is 96.3 Å². The third-order valence-corrected chi connectivity index (χ3v) is 10.2. The predicted molar refractivity (Wildman–Crippen MR) is 227 cm³/mol. The molecular weight excluding hydrogens is 659 g/mol. The zero-order chi connectivity index (χ0) is 38.9. The number of esters is 1. The quantitative estimate of drug-likeness (QED) is 0.0251. The summed E-state index contributed by atoms with van der Waals surface area (Å²) < 4.78 is 5.88. The summed E-state index contributed by atoms with van der Waals surface area (Å²) in [5.41, 5.74) is 0. The first kappa shape index (κ1) is 51.1. The van der Waals surface area contributed by atoms with Crippen molar-refractivity contribution in [1.29, 1.82) is 0 Å². The molecule has 0 aliphatic carbocycles. The molecule has 53 heavy (non-hydrogen) atoms. The monoisotopic (exact) mass is 746 g/mol. The van der Waals surface area contributed by atoms with E-state index < -0.39 is 18.2 Å². The van der Waals surface area contributed by atoms with Crippen molar-refractivity contribution in [3.63, 3.8) is 0 Å². The Hall–Kier alpha value is -1.92. The minimum Gasteiger partial charge on any atom is -0.462 e. The molecule has 0 aliphatic heterocycles. The second-order valence-corrected chi connectivity index (χ2v) is 15.5. The van der Waals surface area contributed by atoms with Crippen molar-refractivity contribution in [2.75, 3.05) is 6.61 Å².